The van der Waals surface area contributed by atoms with Crippen molar-refractivity contribution in [1.82, 2.24) is 15.3 Å². The first-order valence-electron chi connectivity index (χ1n) is 6.94. The maximum atomic E-state index is 13.2. The Morgan fingerprint density at radius 3 is 3.05 bits per heavy atom. The summed E-state index contributed by atoms with van der Waals surface area (Å²) in [6.07, 6.45) is 3.70. The minimum atomic E-state index is -0.223. The highest BCUT2D eigenvalue weighted by molar-refractivity contribution is 5.77. The van der Waals surface area contributed by atoms with Crippen molar-refractivity contribution in [2.45, 2.75) is 31.3 Å². The predicted molar refractivity (Wildman–Crippen MR) is 72.8 cm³/mol. The van der Waals surface area contributed by atoms with Crippen LogP contribution in [-0.4, -0.2) is 35.1 Å². The van der Waals surface area contributed by atoms with Crippen molar-refractivity contribution in [2.24, 2.45) is 0 Å². The smallest absolute Gasteiger partial charge is 0.203 e. The second kappa shape index (κ2) is 4.20. The molecule has 19 heavy (non-hydrogen) atoms. The largest absolute Gasteiger partial charge is 0.341 e. The first-order chi connectivity index (χ1) is 9.28. The summed E-state index contributed by atoms with van der Waals surface area (Å²) in [7, 11) is 0. The molecule has 0 amide bonds. The van der Waals surface area contributed by atoms with E-state index in [1.165, 1.54) is 25.0 Å². The number of aromatic amines is 1. The number of hydrogen-bond donors (Lipinski definition) is 2. The zero-order valence-corrected chi connectivity index (χ0v) is 10.7. The molecule has 2 atom stereocenters. The van der Waals surface area contributed by atoms with E-state index in [0.717, 1.165) is 36.5 Å². The number of nitrogens with one attached hydrogen (secondary N) is 2. The van der Waals surface area contributed by atoms with E-state index < -0.39 is 0 Å². The lowest BCUT2D eigenvalue weighted by Crippen LogP contribution is -2.35. The minimum Gasteiger partial charge on any atom is -0.341 e. The van der Waals surface area contributed by atoms with Gasteiger partial charge < -0.3 is 15.2 Å². The van der Waals surface area contributed by atoms with Crippen molar-refractivity contribution in [1.29, 1.82) is 0 Å². The topological polar surface area (TPSA) is 44.0 Å². The third-order valence-corrected chi connectivity index (χ3v) is 4.25. The van der Waals surface area contributed by atoms with Crippen LogP contribution < -0.4 is 10.2 Å². The molecule has 2 fully saturated rings. The predicted octanol–water partition coefficient (Wildman–Crippen LogP) is 2.03. The van der Waals surface area contributed by atoms with Gasteiger partial charge in [-0.15, -0.1) is 0 Å². The zero-order chi connectivity index (χ0) is 12.8. The van der Waals surface area contributed by atoms with Gasteiger partial charge in [0.1, 0.15) is 5.82 Å². The van der Waals surface area contributed by atoms with Gasteiger partial charge in [-0.2, -0.15) is 0 Å². The fourth-order valence-corrected chi connectivity index (χ4v) is 3.25. The van der Waals surface area contributed by atoms with E-state index in [0.29, 0.717) is 12.1 Å². The molecule has 0 spiro atoms. The van der Waals surface area contributed by atoms with Gasteiger partial charge in [0, 0.05) is 25.2 Å². The lowest BCUT2D eigenvalue weighted by atomic mass is 10.1. The Kier molecular flexibility index (Phi) is 2.48. The number of aromatic nitrogens is 2. The number of benzene rings is 1. The fourth-order valence-electron chi connectivity index (χ4n) is 3.25. The van der Waals surface area contributed by atoms with Crippen LogP contribution in [0.2, 0.25) is 0 Å². The molecule has 1 aromatic heterocycles. The number of hydrogen-bond acceptors (Lipinski definition) is 3. The summed E-state index contributed by atoms with van der Waals surface area (Å²) in [6.45, 7) is 2.00. The number of H-pyrrole nitrogens is 1. The molecule has 1 aromatic carbocycles. The van der Waals surface area contributed by atoms with Crippen LogP contribution in [0.15, 0.2) is 18.2 Å². The number of nitrogens with zero attached hydrogens (tertiary/aromatic N) is 2. The average molecular weight is 260 g/mol. The average Bonchev–Trinajstić information content (AvgIpc) is 2.92. The third-order valence-electron chi connectivity index (χ3n) is 4.25. The van der Waals surface area contributed by atoms with Crippen molar-refractivity contribution in [3.8, 4) is 0 Å². The summed E-state index contributed by atoms with van der Waals surface area (Å²) in [5.41, 5.74) is 1.61. The van der Waals surface area contributed by atoms with E-state index in [1.54, 1.807) is 6.07 Å². The van der Waals surface area contributed by atoms with E-state index in [1.807, 2.05) is 0 Å². The number of halogens is 1. The second-order valence-corrected chi connectivity index (χ2v) is 5.59. The molecule has 4 rings (SSSR count). The summed E-state index contributed by atoms with van der Waals surface area (Å²) in [5.74, 6) is 0.647. The first kappa shape index (κ1) is 11.2. The number of anilines is 1. The van der Waals surface area contributed by atoms with Crippen LogP contribution in [0.25, 0.3) is 11.0 Å². The summed E-state index contributed by atoms with van der Waals surface area (Å²) in [6, 6.07) is 5.93. The molecule has 4 nitrogen and oxygen atoms in total. The van der Waals surface area contributed by atoms with Crippen LogP contribution in [0.1, 0.15) is 19.3 Å². The Morgan fingerprint density at radius 2 is 2.11 bits per heavy atom. The zero-order valence-electron chi connectivity index (χ0n) is 10.7. The van der Waals surface area contributed by atoms with E-state index in [2.05, 4.69) is 20.2 Å². The summed E-state index contributed by atoms with van der Waals surface area (Å²) in [4.78, 5) is 10.1. The van der Waals surface area contributed by atoms with Gasteiger partial charge in [0.2, 0.25) is 5.95 Å². The molecule has 2 N–H and O–H groups in total. The molecular weight excluding hydrogens is 243 g/mol. The van der Waals surface area contributed by atoms with Gasteiger partial charge in [-0.25, -0.2) is 9.37 Å². The monoisotopic (exact) mass is 260 g/mol. The van der Waals surface area contributed by atoms with E-state index in [-0.39, 0.29) is 5.82 Å². The number of fused-ring (bicyclic) bond motifs is 3. The lowest BCUT2D eigenvalue weighted by molar-refractivity contribution is 0.563. The van der Waals surface area contributed by atoms with Gasteiger partial charge in [0.25, 0.3) is 0 Å². The van der Waals surface area contributed by atoms with Crippen molar-refractivity contribution >= 4 is 17.0 Å². The molecule has 2 aliphatic heterocycles. The first-order valence-corrected chi connectivity index (χ1v) is 6.94. The Hall–Kier alpha value is -1.62. The quantitative estimate of drug-likeness (QED) is 0.824. The van der Waals surface area contributed by atoms with Gasteiger partial charge >= 0.3 is 0 Å². The molecule has 0 aliphatic carbocycles. The number of rotatable bonds is 1. The summed E-state index contributed by atoms with van der Waals surface area (Å²) in [5, 5.41) is 3.65. The molecule has 2 aromatic rings. The molecule has 100 valence electrons. The van der Waals surface area contributed by atoms with Crippen molar-refractivity contribution < 1.29 is 4.39 Å². The van der Waals surface area contributed by atoms with Crippen molar-refractivity contribution in [3.05, 3.63) is 24.0 Å². The van der Waals surface area contributed by atoms with E-state index >= 15 is 0 Å². The van der Waals surface area contributed by atoms with Crippen molar-refractivity contribution in [2.75, 3.05) is 18.0 Å². The van der Waals surface area contributed by atoms with Crippen LogP contribution in [0.4, 0.5) is 10.3 Å². The molecule has 3 heterocycles. The van der Waals surface area contributed by atoms with Crippen LogP contribution in [-0.2, 0) is 0 Å². The molecular formula is C14H17FN4. The third kappa shape index (κ3) is 1.98. The normalized spacial score (nSPS) is 26.9. The van der Waals surface area contributed by atoms with E-state index in [9.17, 15) is 4.39 Å². The minimum absolute atomic E-state index is 0.223. The molecule has 0 saturated carbocycles. The lowest BCUT2D eigenvalue weighted by Gasteiger charge is -2.23. The Balaban J connectivity index is 1.66. The van der Waals surface area contributed by atoms with Crippen molar-refractivity contribution in [3.63, 3.8) is 0 Å². The molecule has 2 aliphatic rings. The second-order valence-electron chi connectivity index (χ2n) is 5.59. The van der Waals surface area contributed by atoms with Crippen LogP contribution >= 0.6 is 0 Å². The van der Waals surface area contributed by atoms with Crippen LogP contribution in [0.3, 0.4) is 0 Å². The van der Waals surface area contributed by atoms with Gasteiger partial charge in [0.15, 0.2) is 0 Å². The fraction of sp³-hybridized carbons (Fsp3) is 0.500. The molecule has 2 bridgehead atoms. The van der Waals surface area contributed by atoms with Crippen LogP contribution in [0, 0.1) is 5.82 Å². The Morgan fingerprint density at radius 1 is 1.21 bits per heavy atom. The van der Waals surface area contributed by atoms with Gasteiger partial charge in [-0.3, -0.25) is 0 Å². The SMILES string of the molecule is Fc1ccc2nc(N3CCC4CCC(C3)N4)[nH]c2c1. The van der Waals surface area contributed by atoms with Gasteiger partial charge in [-0.05, 0) is 37.5 Å². The molecule has 0 radical (unpaired) electrons. The highest BCUT2D eigenvalue weighted by Gasteiger charge is 2.30. The number of imidazole rings is 1. The standard InChI is InChI=1S/C14H17FN4/c15-9-1-4-12-13(7-9)18-14(17-12)19-6-5-10-2-3-11(8-19)16-10/h1,4,7,10-11,16H,2-3,5-6,8H2,(H,17,18). The maximum absolute atomic E-state index is 13.2. The van der Waals surface area contributed by atoms with Gasteiger partial charge in [-0.1, -0.05) is 0 Å². The molecule has 2 unspecified atom stereocenters. The Bertz CT molecular complexity index is 609. The van der Waals surface area contributed by atoms with Crippen LogP contribution in [0.5, 0.6) is 0 Å². The highest BCUT2D eigenvalue weighted by atomic mass is 19.1. The maximum Gasteiger partial charge on any atom is 0.203 e. The summed E-state index contributed by atoms with van der Waals surface area (Å²) < 4.78 is 13.2. The molecule has 2 saturated heterocycles. The molecule has 5 heteroatoms. The Labute approximate surface area is 111 Å². The van der Waals surface area contributed by atoms with Gasteiger partial charge in [0.05, 0.1) is 11.0 Å². The highest BCUT2D eigenvalue weighted by Crippen LogP contribution is 2.24. The summed E-state index contributed by atoms with van der Waals surface area (Å²) >= 11 is 0. The van der Waals surface area contributed by atoms with E-state index in [4.69, 9.17) is 0 Å².